The first-order valence-corrected chi connectivity index (χ1v) is 5.39. The summed E-state index contributed by atoms with van der Waals surface area (Å²) in [5.41, 5.74) is 0. The zero-order chi connectivity index (χ0) is 11.7. The average molecular weight is 254 g/mol. The minimum absolute atomic E-state index is 0.247. The SMILES string of the molecule is O=C(O)C(=O)N(S)c1nsc2ccccc12. The lowest BCUT2D eigenvalue weighted by Gasteiger charge is -2.09. The van der Waals surface area contributed by atoms with E-state index in [1.807, 2.05) is 12.1 Å². The highest BCUT2D eigenvalue weighted by atomic mass is 32.1. The molecular weight excluding hydrogens is 248 g/mol. The number of aromatic nitrogens is 1. The molecule has 2 rings (SSSR count). The molecule has 0 atom stereocenters. The van der Waals surface area contributed by atoms with Crippen LogP contribution >= 0.6 is 24.3 Å². The predicted molar refractivity (Wildman–Crippen MR) is 63.7 cm³/mol. The Morgan fingerprint density at radius 3 is 2.75 bits per heavy atom. The Hall–Kier alpha value is -1.60. The number of hydrogen-bond donors (Lipinski definition) is 2. The highest BCUT2D eigenvalue weighted by Crippen LogP contribution is 2.30. The maximum atomic E-state index is 11.2. The molecule has 7 heteroatoms. The van der Waals surface area contributed by atoms with Crippen LogP contribution in [0.1, 0.15) is 0 Å². The second-order valence-corrected chi connectivity index (χ2v) is 4.13. The molecule has 82 valence electrons. The average Bonchev–Trinajstić information content (AvgIpc) is 2.70. The highest BCUT2D eigenvalue weighted by molar-refractivity contribution is 7.82. The number of rotatable bonds is 1. The summed E-state index contributed by atoms with van der Waals surface area (Å²) < 4.78 is 5.61. The van der Waals surface area contributed by atoms with Gasteiger partial charge in [-0.15, -0.1) is 0 Å². The van der Waals surface area contributed by atoms with E-state index in [1.54, 1.807) is 12.1 Å². The van der Waals surface area contributed by atoms with Crippen LogP contribution in [0.2, 0.25) is 0 Å². The third kappa shape index (κ3) is 1.74. The van der Waals surface area contributed by atoms with E-state index >= 15 is 0 Å². The quantitative estimate of drug-likeness (QED) is 0.598. The summed E-state index contributed by atoms with van der Waals surface area (Å²) in [6.45, 7) is 0. The Bertz CT molecular complexity index is 567. The van der Waals surface area contributed by atoms with Gasteiger partial charge in [-0.1, -0.05) is 24.9 Å². The van der Waals surface area contributed by atoms with Gasteiger partial charge in [0.25, 0.3) is 0 Å². The molecule has 0 saturated carbocycles. The van der Waals surface area contributed by atoms with E-state index in [9.17, 15) is 9.59 Å². The van der Waals surface area contributed by atoms with Crippen molar-refractivity contribution in [1.29, 1.82) is 0 Å². The van der Waals surface area contributed by atoms with Crippen molar-refractivity contribution in [3.8, 4) is 0 Å². The van der Waals surface area contributed by atoms with Gasteiger partial charge in [0.15, 0.2) is 5.82 Å². The lowest BCUT2D eigenvalue weighted by molar-refractivity contribution is -0.148. The van der Waals surface area contributed by atoms with Gasteiger partial charge in [-0.05, 0) is 23.7 Å². The van der Waals surface area contributed by atoms with E-state index in [0.29, 0.717) is 5.39 Å². The molecule has 0 unspecified atom stereocenters. The second-order valence-electron chi connectivity index (χ2n) is 2.92. The molecule has 0 saturated heterocycles. The molecule has 0 aliphatic rings. The first-order valence-electron chi connectivity index (χ1n) is 4.22. The van der Waals surface area contributed by atoms with Gasteiger partial charge in [0, 0.05) is 5.39 Å². The fourth-order valence-electron chi connectivity index (χ4n) is 1.21. The molecule has 0 fully saturated rings. The molecule has 0 aliphatic carbocycles. The summed E-state index contributed by atoms with van der Waals surface area (Å²) >= 11 is 5.03. The van der Waals surface area contributed by atoms with E-state index in [1.165, 1.54) is 11.5 Å². The van der Waals surface area contributed by atoms with Crippen molar-refractivity contribution in [3.63, 3.8) is 0 Å². The molecule has 1 aromatic heterocycles. The van der Waals surface area contributed by atoms with Crippen LogP contribution in [0.3, 0.4) is 0 Å². The number of hydrogen-bond acceptors (Lipinski definition) is 5. The predicted octanol–water partition coefficient (Wildman–Crippen LogP) is 1.56. The summed E-state index contributed by atoms with van der Waals surface area (Å²) in [5, 5.41) is 9.26. The summed E-state index contributed by atoms with van der Waals surface area (Å²) in [4.78, 5) is 21.7. The molecule has 0 radical (unpaired) electrons. The first kappa shape index (κ1) is 10.9. The van der Waals surface area contributed by atoms with Gasteiger partial charge >= 0.3 is 11.9 Å². The molecule has 0 aliphatic heterocycles. The van der Waals surface area contributed by atoms with Crippen LogP contribution in [0.25, 0.3) is 10.1 Å². The van der Waals surface area contributed by atoms with Gasteiger partial charge in [0.05, 0.1) is 4.70 Å². The van der Waals surface area contributed by atoms with Crippen LogP contribution in [-0.4, -0.2) is 21.4 Å². The van der Waals surface area contributed by atoms with Gasteiger partial charge in [-0.3, -0.25) is 4.79 Å². The number of carboxylic acids is 1. The summed E-state index contributed by atoms with van der Waals surface area (Å²) in [5.74, 6) is -2.44. The van der Waals surface area contributed by atoms with Crippen molar-refractivity contribution >= 4 is 52.1 Å². The van der Waals surface area contributed by atoms with Gasteiger partial charge in [-0.2, -0.15) is 4.37 Å². The summed E-state index contributed by atoms with van der Waals surface area (Å²) in [7, 11) is 0. The topological polar surface area (TPSA) is 70.5 Å². The lowest BCUT2D eigenvalue weighted by atomic mass is 10.2. The first-order chi connectivity index (χ1) is 7.61. The minimum Gasteiger partial charge on any atom is -0.474 e. The van der Waals surface area contributed by atoms with Crippen LogP contribution in [-0.2, 0) is 9.59 Å². The molecule has 1 amide bonds. The third-order valence-electron chi connectivity index (χ3n) is 1.93. The Kier molecular flexibility index (Phi) is 2.80. The maximum Gasteiger partial charge on any atom is 0.395 e. The number of thiol groups is 1. The molecule has 1 N–H and O–H groups in total. The number of carbonyl (C=O) groups excluding carboxylic acids is 1. The van der Waals surface area contributed by atoms with Crippen molar-refractivity contribution in [3.05, 3.63) is 24.3 Å². The Balaban J connectivity index is 2.48. The van der Waals surface area contributed by atoms with E-state index in [0.717, 1.165) is 9.01 Å². The van der Waals surface area contributed by atoms with Crippen molar-refractivity contribution in [1.82, 2.24) is 4.37 Å². The number of benzene rings is 1. The van der Waals surface area contributed by atoms with Crippen LogP contribution in [0.5, 0.6) is 0 Å². The summed E-state index contributed by atoms with van der Waals surface area (Å²) in [6.07, 6.45) is 0. The molecule has 0 bridgehead atoms. The molecule has 16 heavy (non-hydrogen) atoms. The highest BCUT2D eigenvalue weighted by Gasteiger charge is 2.23. The molecule has 2 aromatic rings. The number of anilines is 1. The molecular formula is C9H6N2O3S2. The normalized spacial score (nSPS) is 10.3. The van der Waals surface area contributed by atoms with Crippen LogP contribution in [0, 0.1) is 0 Å². The second kappa shape index (κ2) is 4.11. The van der Waals surface area contributed by atoms with Gasteiger partial charge < -0.3 is 5.11 Å². The number of carbonyl (C=O) groups is 2. The standard InChI is InChI=1S/C9H6N2O3S2/c12-8(9(13)14)11(15)7-5-3-1-2-4-6(5)16-10-7/h1-4,15H,(H,13,14). The van der Waals surface area contributed by atoms with Crippen molar-refractivity contribution in [2.75, 3.05) is 4.31 Å². The molecule has 1 heterocycles. The fourth-order valence-corrected chi connectivity index (χ4v) is 2.27. The maximum absolute atomic E-state index is 11.2. The number of aliphatic carboxylic acids is 1. The monoisotopic (exact) mass is 254 g/mol. The van der Waals surface area contributed by atoms with Crippen molar-refractivity contribution in [2.45, 2.75) is 0 Å². The van der Waals surface area contributed by atoms with Crippen LogP contribution < -0.4 is 4.31 Å². The number of carboxylic acid groups (broad SMARTS) is 1. The van der Waals surface area contributed by atoms with E-state index in [-0.39, 0.29) is 5.82 Å². The van der Waals surface area contributed by atoms with Crippen LogP contribution in [0.4, 0.5) is 5.82 Å². The smallest absolute Gasteiger partial charge is 0.395 e. The van der Waals surface area contributed by atoms with Crippen molar-refractivity contribution < 1.29 is 14.7 Å². The van der Waals surface area contributed by atoms with E-state index < -0.39 is 11.9 Å². The molecule has 0 spiro atoms. The van der Waals surface area contributed by atoms with E-state index in [4.69, 9.17) is 5.11 Å². The number of fused-ring (bicyclic) bond motifs is 1. The lowest BCUT2D eigenvalue weighted by Crippen LogP contribution is -2.29. The van der Waals surface area contributed by atoms with Gasteiger partial charge in [0.1, 0.15) is 0 Å². The zero-order valence-electron chi connectivity index (χ0n) is 7.82. The largest absolute Gasteiger partial charge is 0.474 e. The Morgan fingerprint density at radius 1 is 1.38 bits per heavy atom. The Labute approximate surface area is 100 Å². The molecule has 1 aromatic carbocycles. The zero-order valence-corrected chi connectivity index (χ0v) is 9.53. The van der Waals surface area contributed by atoms with Gasteiger partial charge in [-0.25, -0.2) is 9.10 Å². The Morgan fingerprint density at radius 2 is 2.06 bits per heavy atom. The fraction of sp³-hybridized carbons (Fsp3) is 0. The number of amides is 1. The molecule has 5 nitrogen and oxygen atoms in total. The minimum atomic E-state index is -1.56. The van der Waals surface area contributed by atoms with E-state index in [2.05, 4.69) is 17.2 Å². The van der Waals surface area contributed by atoms with Crippen molar-refractivity contribution in [2.24, 2.45) is 0 Å². The number of nitrogens with zero attached hydrogens (tertiary/aromatic N) is 2. The van der Waals surface area contributed by atoms with Crippen LogP contribution in [0.15, 0.2) is 24.3 Å². The third-order valence-corrected chi connectivity index (χ3v) is 3.12. The van der Waals surface area contributed by atoms with Gasteiger partial charge in [0.2, 0.25) is 0 Å². The summed E-state index contributed by atoms with van der Waals surface area (Å²) in [6, 6.07) is 7.22.